The lowest BCUT2D eigenvalue weighted by atomic mass is 9.96. The Kier molecular flexibility index (Phi) is 2.82. The first-order valence-electron chi connectivity index (χ1n) is 5.44. The van der Waals surface area contributed by atoms with Crippen LogP contribution in [-0.4, -0.2) is 16.8 Å². The number of aromatic hydroxyl groups is 2. The van der Waals surface area contributed by atoms with E-state index < -0.39 is 0 Å². The third-order valence-corrected chi connectivity index (χ3v) is 3.02. The minimum absolute atomic E-state index is 0.00504. The Morgan fingerprint density at radius 1 is 1.27 bits per heavy atom. The van der Waals surface area contributed by atoms with Crippen LogP contribution in [0.1, 0.15) is 36.4 Å². The highest BCUT2D eigenvalue weighted by Gasteiger charge is 2.16. The molecule has 1 aromatic carbocycles. The van der Waals surface area contributed by atoms with Gasteiger partial charge in [0.1, 0.15) is 0 Å². The van der Waals surface area contributed by atoms with Gasteiger partial charge in [-0.1, -0.05) is 12.5 Å². The maximum absolute atomic E-state index is 9.53. The van der Waals surface area contributed by atoms with E-state index >= 15 is 0 Å². The fourth-order valence-electron chi connectivity index (χ4n) is 2.13. The standard InChI is InChI=1S/C12H17NO2/c1-8-6-9(7-11(14)12(8)15)10-4-2-3-5-13-10/h6-7,10,13-15H,2-5H2,1H3. The summed E-state index contributed by atoms with van der Waals surface area (Å²) in [6.07, 6.45) is 3.54. The number of rotatable bonds is 1. The molecule has 3 nitrogen and oxygen atoms in total. The average molecular weight is 207 g/mol. The first-order chi connectivity index (χ1) is 7.18. The van der Waals surface area contributed by atoms with E-state index in [1.807, 2.05) is 6.07 Å². The number of hydrogen-bond acceptors (Lipinski definition) is 3. The molecule has 0 saturated carbocycles. The molecule has 0 spiro atoms. The Morgan fingerprint density at radius 3 is 2.67 bits per heavy atom. The second-order valence-corrected chi connectivity index (χ2v) is 4.21. The van der Waals surface area contributed by atoms with Gasteiger partial charge in [-0.15, -0.1) is 0 Å². The molecule has 1 aromatic rings. The highest BCUT2D eigenvalue weighted by atomic mass is 16.3. The van der Waals surface area contributed by atoms with Crippen LogP contribution in [0.25, 0.3) is 0 Å². The molecule has 1 fully saturated rings. The van der Waals surface area contributed by atoms with Gasteiger partial charge in [0.2, 0.25) is 0 Å². The van der Waals surface area contributed by atoms with E-state index in [0.29, 0.717) is 6.04 Å². The number of nitrogens with one attached hydrogen (secondary N) is 1. The van der Waals surface area contributed by atoms with Crippen molar-refractivity contribution in [1.29, 1.82) is 0 Å². The molecular weight excluding hydrogens is 190 g/mol. The van der Waals surface area contributed by atoms with Crippen molar-refractivity contribution in [3.8, 4) is 11.5 Å². The zero-order valence-corrected chi connectivity index (χ0v) is 8.95. The quantitative estimate of drug-likeness (QED) is 0.619. The van der Waals surface area contributed by atoms with E-state index in [0.717, 1.165) is 24.1 Å². The number of aryl methyl sites for hydroxylation is 1. The first kappa shape index (κ1) is 10.3. The lowest BCUT2D eigenvalue weighted by Crippen LogP contribution is -2.26. The highest BCUT2D eigenvalue weighted by Crippen LogP contribution is 2.33. The summed E-state index contributed by atoms with van der Waals surface area (Å²) in [6, 6.07) is 3.92. The van der Waals surface area contributed by atoms with Gasteiger partial charge in [0.15, 0.2) is 11.5 Å². The largest absolute Gasteiger partial charge is 0.504 e. The topological polar surface area (TPSA) is 52.5 Å². The summed E-state index contributed by atoms with van der Waals surface area (Å²) in [5.74, 6) is -0.0214. The van der Waals surface area contributed by atoms with Gasteiger partial charge in [0.05, 0.1) is 0 Å². The molecule has 1 aliphatic rings. The molecule has 82 valence electrons. The van der Waals surface area contributed by atoms with Crippen LogP contribution in [0.2, 0.25) is 0 Å². The van der Waals surface area contributed by atoms with Crippen LogP contribution >= 0.6 is 0 Å². The molecule has 0 bridgehead atoms. The van der Waals surface area contributed by atoms with E-state index in [1.165, 1.54) is 12.8 Å². The zero-order valence-electron chi connectivity index (χ0n) is 8.95. The molecule has 1 unspecified atom stereocenters. The number of phenolic OH excluding ortho intramolecular Hbond substituents is 2. The predicted molar refractivity (Wildman–Crippen MR) is 59.1 cm³/mol. The zero-order chi connectivity index (χ0) is 10.8. The summed E-state index contributed by atoms with van der Waals surface area (Å²) in [5, 5.41) is 22.4. The van der Waals surface area contributed by atoms with Gasteiger partial charge in [0, 0.05) is 6.04 Å². The smallest absolute Gasteiger partial charge is 0.160 e. The van der Waals surface area contributed by atoms with Gasteiger partial charge >= 0.3 is 0 Å². The molecule has 0 aromatic heterocycles. The van der Waals surface area contributed by atoms with Crippen molar-refractivity contribution in [1.82, 2.24) is 5.32 Å². The van der Waals surface area contributed by atoms with E-state index in [4.69, 9.17) is 0 Å². The van der Waals surface area contributed by atoms with Crippen molar-refractivity contribution in [2.24, 2.45) is 0 Å². The van der Waals surface area contributed by atoms with Gasteiger partial charge in [-0.05, 0) is 43.5 Å². The summed E-state index contributed by atoms with van der Waals surface area (Å²) in [5.41, 5.74) is 1.81. The third-order valence-electron chi connectivity index (χ3n) is 3.02. The second kappa shape index (κ2) is 4.11. The second-order valence-electron chi connectivity index (χ2n) is 4.21. The lowest BCUT2D eigenvalue weighted by molar-refractivity contribution is 0.390. The SMILES string of the molecule is Cc1cc(C2CCCCN2)cc(O)c1O. The van der Waals surface area contributed by atoms with Gasteiger partial charge in [-0.25, -0.2) is 0 Å². The van der Waals surface area contributed by atoms with Crippen LogP contribution in [0.4, 0.5) is 0 Å². The first-order valence-corrected chi connectivity index (χ1v) is 5.44. The van der Waals surface area contributed by atoms with Crippen LogP contribution in [0.3, 0.4) is 0 Å². The van der Waals surface area contributed by atoms with Crippen molar-refractivity contribution >= 4 is 0 Å². The van der Waals surface area contributed by atoms with Crippen LogP contribution in [0.5, 0.6) is 11.5 Å². The number of benzene rings is 1. The highest BCUT2D eigenvalue weighted by molar-refractivity contribution is 5.47. The van der Waals surface area contributed by atoms with Gasteiger partial charge in [-0.3, -0.25) is 0 Å². The summed E-state index contributed by atoms with van der Waals surface area (Å²) in [4.78, 5) is 0. The van der Waals surface area contributed by atoms with E-state index in [-0.39, 0.29) is 11.5 Å². The maximum atomic E-state index is 9.53. The van der Waals surface area contributed by atoms with E-state index in [2.05, 4.69) is 5.32 Å². The summed E-state index contributed by atoms with van der Waals surface area (Å²) >= 11 is 0. The molecule has 1 saturated heterocycles. The Bertz CT molecular complexity index is 334. The van der Waals surface area contributed by atoms with Gasteiger partial charge < -0.3 is 15.5 Å². The maximum Gasteiger partial charge on any atom is 0.160 e. The Morgan fingerprint density at radius 2 is 2.07 bits per heavy atom. The molecule has 3 N–H and O–H groups in total. The van der Waals surface area contributed by atoms with Crippen molar-refractivity contribution in [3.05, 3.63) is 23.3 Å². The summed E-state index contributed by atoms with van der Waals surface area (Å²) in [6.45, 7) is 2.84. The summed E-state index contributed by atoms with van der Waals surface area (Å²) in [7, 11) is 0. The Balaban J connectivity index is 2.27. The minimum Gasteiger partial charge on any atom is -0.504 e. The van der Waals surface area contributed by atoms with E-state index in [9.17, 15) is 10.2 Å². The van der Waals surface area contributed by atoms with Gasteiger partial charge in [-0.2, -0.15) is 0 Å². The van der Waals surface area contributed by atoms with Gasteiger partial charge in [0.25, 0.3) is 0 Å². The molecule has 1 heterocycles. The number of phenols is 2. The fourth-order valence-corrected chi connectivity index (χ4v) is 2.13. The normalized spacial score (nSPS) is 21.5. The Hall–Kier alpha value is -1.22. The van der Waals surface area contributed by atoms with Crippen molar-refractivity contribution < 1.29 is 10.2 Å². The summed E-state index contributed by atoms with van der Waals surface area (Å²) < 4.78 is 0. The monoisotopic (exact) mass is 207 g/mol. The molecule has 0 amide bonds. The molecule has 0 aliphatic carbocycles. The lowest BCUT2D eigenvalue weighted by Gasteiger charge is -2.24. The van der Waals surface area contributed by atoms with Crippen molar-refractivity contribution in [2.45, 2.75) is 32.2 Å². The van der Waals surface area contributed by atoms with Crippen molar-refractivity contribution in [2.75, 3.05) is 6.54 Å². The average Bonchev–Trinajstić information content (AvgIpc) is 2.26. The van der Waals surface area contributed by atoms with Crippen LogP contribution < -0.4 is 5.32 Å². The van der Waals surface area contributed by atoms with Crippen LogP contribution in [0, 0.1) is 6.92 Å². The number of piperidine rings is 1. The number of hydrogen-bond donors (Lipinski definition) is 3. The predicted octanol–water partition coefficient (Wildman–Crippen LogP) is 2.22. The Labute approximate surface area is 89.8 Å². The minimum atomic E-state index is -0.0163. The molecule has 1 atom stereocenters. The fraction of sp³-hybridized carbons (Fsp3) is 0.500. The molecular formula is C12H17NO2. The molecule has 0 radical (unpaired) electrons. The van der Waals surface area contributed by atoms with E-state index in [1.54, 1.807) is 13.0 Å². The molecule has 2 rings (SSSR count). The molecule has 1 aliphatic heterocycles. The molecule has 3 heteroatoms. The van der Waals surface area contributed by atoms with Crippen LogP contribution in [0.15, 0.2) is 12.1 Å². The van der Waals surface area contributed by atoms with Crippen molar-refractivity contribution in [3.63, 3.8) is 0 Å². The third kappa shape index (κ3) is 2.07. The molecule has 15 heavy (non-hydrogen) atoms. The van der Waals surface area contributed by atoms with Crippen LogP contribution in [-0.2, 0) is 0 Å².